The summed E-state index contributed by atoms with van der Waals surface area (Å²) in [5, 5.41) is 6.83. The molecular formula is C22H20ClFN2O. The van der Waals surface area contributed by atoms with Crippen LogP contribution in [-0.4, -0.2) is 5.91 Å². The molecule has 0 unspecified atom stereocenters. The van der Waals surface area contributed by atoms with E-state index in [0.29, 0.717) is 10.7 Å². The number of carbonyl (C=O) groups is 1. The first-order chi connectivity index (χ1) is 13.0. The van der Waals surface area contributed by atoms with E-state index < -0.39 is 6.04 Å². The second-order valence-electron chi connectivity index (χ2n) is 6.25. The number of nitrogens with one attached hydrogen (secondary N) is 2. The molecule has 2 N–H and O–H groups in total. The van der Waals surface area contributed by atoms with E-state index in [-0.39, 0.29) is 17.8 Å². The Kier molecular flexibility index (Phi) is 6.22. The fourth-order valence-corrected chi connectivity index (χ4v) is 3.18. The van der Waals surface area contributed by atoms with Gasteiger partial charge in [-0.1, -0.05) is 60.1 Å². The van der Waals surface area contributed by atoms with Crippen LogP contribution in [0.3, 0.4) is 0 Å². The van der Waals surface area contributed by atoms with Crippen LogP contribution < -0.4 is 10.6 Å². The number of benzene rings is 3. The first-order valence-electron chi connectivity index (χ1n) is 8.66. The topological polar surface area (TPSA) is 41.1 Å². The summed E-state index contributed by atoms with van der Waals surface area (Å²) >= 11 is 6.30. The first kappa shape index (κ1) is 19.1. The zero-order valence-electron chi connectivity index (χ0n) is 14.8. The maximum atomic E-state index is 13.1. The third-order valence-electron chi connectivity index (χ3n) is 4.30. The fraction of sp³-hybridized carbons (Fsp3) is 0.136. The molecule has 5 heteroatoms. The minimum atomic E-state index is -0.595. The molecule has 0 radical (unpaired) electrons. The van der Waals surface area contributed by atoms with Crippen molar-refractivity contribution in [2.45, 2.75) is 19.0 Å². The molecular weight excluding hydrogens is 363 g/mol. The summed E-state index contributed by atoms with van der Waals surface area (Å²) in [6, 6.07) is 21.9. The lowest BCUT2D eigenvalue weighted by Crippen LogP contribution is -2.34. The van der Waals surface area contributed by atoms with E-state index in [1.807, 2.05) is 61.5 Å². The highest BCUT2D eigenvalue weighted by molar-refractivity contribution is 6.31. The highest BCUT2D eigenvalue weighted by atomic mass is 35.5. The van der Waals surface area contributed by atoms with Gasteiger partial charge in [0.2, 0.25) is 5.91 Å². The normalized spacial score (nSPS) is 13.0. The maximum absolute atomic E-state index is 13.1. The lowest BCUT2D eigenvalue weighted by Gasteiger charge is -2.24. The minimum absolute atomic E-state index is 0.150. The van der Waals surface area contributed by atoms with Gasteiger partial charge in [0.1, 0.15) is 11.9 Å². The molecule has 0 saturated heterocycles. The van der Waals surface area contributed by atoms with Gasteiger partial charge in [-0.15, -0.1) is 0 Å². The molecule has 27 heavy (non-hydrogen) atoms. The van der Waals surface area contributed by atoms with Crippen LogP contribution in [0.2, 0.25) is 5.02 Å². The second kappa shape index (κ2) is 8.80. The molecule has 3 aromatic rings. The van der Waals surface area contributed by atoms with Gasteiger partial charge in [-0.3, -0.25) is 10.1 Å². The zero-order chi connectivity index (χ0) is 19.2. The molecule has 0 aromatic heterocycles. The number of anilines is 1. The number of hydrogen-bond donors (Lipinski definition) is 2. The van der Waals surface area contributed by atoms with Gasteiger partial charge in [-0.2, -0.15) is 0 Å². The Bertz CT molecular complexity index is 900. The van der Waals surface area contributed by atoms with Crippen molar-refractivity contribution in [2.24, 2.45) is 0 Å². The van der Waals surface area contributed by atoms with Crippen molar-refractivity contribution in [1.82, 2.24) is 5.32 Å². The van der Waals surface area contributed by atoms with Gasteiger partial charge in [0.25, 0.3) is 0 Å². The van der Waals surface area contributed by atoms with Crippen molar-refractivity contribution < 1.29 is 9.18 Å². The molecule has 0 spiro atoms. The van der Waals surface area contributed by atoms with Gasteiger partial charge in [-0.25, -0.2) is 4.39 Å². The number of amides is 1. The second-order valence-corrected chi connectivity index (χ2v) is 6.66. The monoisotopic (exact) mass is 382 g/mol. The van der Waals surface area contributed by atoms with Crippen LogP contribution in [0.1, 0.15) is 30.1 Å². The summed E-state index contributed by atoms with van der Waals surface area (Å²) in [4.78, 5) is 12.9. The summed E-state index contributed by atoms with van der Waals surface area (Å²) in [6.45, 7) is 1.96. The van der Waals surface area contributed by atoms with E-state index in [1.165, 1.54) is 24.3 Å². The van der Waals surface area contributed by atoms with E-state index in [2.05, 4.69) is 10.6 Å². The van der Waals surface area contributed by atoms with Gasteiger partial charge in [0.05, 0.1) is 0 Å². The Morgan fingerprint density at radius 3 is 2.22 bits per heavy atom. The summed E-state index contributed by atoms with van der Waals surface area (Å²) in [5.41, 5.74) is 2.28. The van der Waals surface area contributed by atoms with Crippen molar-refractivity contribution in [3.05, 3.63) is 101 Å². The fourth-order valence-electron chi connectivity index (χ4n) is 2.88. The van der Waals surface area contributed by atoms with Gasteiger partial charge in [0, 0.05) is 16.8 Å². The summed E-state index contributed by atoms with van der Waals surface area (Å²) < 4.78 is 13.1. The number of halogens is 2. The van der Waals surface area contributed by atoms with Crippen LogP contribution in [0.15, 0.2) is 78.9 Å². The van der Waals surface area contributed by atoms with Crippen LogP contribution in [-0.2, 0) is 4.79 Å². The Balaban J connectivity index is 1.84. The van der Waals surface area contributed by atoms with E-state index in [0.717, 1.165) is 11.1 Å². The van der Waals surface area contributed by atoms with Crippen molar-refractivity contribution >= 4 is 23.2 Å². The van der Waals surface area contributed by atoms with Crippen molar-refractivity contribution in [2.75, 3.05) is 5.32 Å². The van der Waals surface area contributed by atoms with E-state index in [9.17, 15) is 9.18 Å². The third kappa shape index (κ3) is 4.94. The Morgan fingerprint density at radius 1 is 0.926 bits per heavy atom. The Labute approximate surface area is 163 Å². The average molecular weight is 383 g/mol. The van der Waals surface area contributed by atoms with Crippen molar-refractivity contribution in [3.63, 3.8) is 0 Å². The summed E-state index contributed by atoms with van der Waals surface area (Å²) in [5.74, 6) is -0.579. The quantitative estimate of drug-likeness (QED) is 0.590. The van der Waals surface area contributed by atoms with Gasteiger partial charge in [0.15, 0.2) is 0 Å². The van der Waals surface area contributed by atoms with Crippen LogP contribution in [0, 0.1) is 5.82 Å². The highest BCUT2D eigenvalue weighted by Crippen LogP contribution is 2.26. The lowest BCUT2D eigenvalue weighted by molar-refractivity contribution is -0.118. The Morgan fingerprint density at radius 2 is 1.56 bits per heavy atom. The number of hydrogen-bond acceptors (Lipinski definition) is 2. The van der Waals surface area contributed by atoms with E-state index in [1.54, 1.807) is 0 Å². The minimum Gasteiger partial charge on any atom is -0.324 e. The molecule has 0 bridgehead atoms. The third-order valence-corrected chi connectivity index (χ3v) is 4.64. The van der Waals surface area contributed by atoms with Crippen LogP contribution in [0.25, 0.3) is 0 Å². The van der Waals surface area contributed by atoms with E-state index >= 15 is 0 Å². The predicted molar refractivity (Wildman–Crippen MR) is 107 cm³/mol. The van der Waals surface area contributed by atoms with E-state index in [4.69, 9.17) is 11.6 Å². The molecule has 0 heterocycles. The Hall–Kier alpha value is -2.69. The smallest absolute Gasteiger partial charge is 0.246 e. The molecule has 2 atom stereocenters. The first-order valence-corrected chi connectivity index (χ1v) is 9.04. The average Bonchev–Trinajstić information content (AvgIpc) is 2.68. The molecule has 0 fully saturated rings. The molecule has 0 aliphatic rings. The molecule has 0 saturated carbocycles. The SMILES string of the molecule is C[C@H](N[C@H](C(=O)Nc1ccc(F)cc1)c1ccccc1)c1ccccc1Cl. The molecule has 138 valence electrons. The zero-order valence-corrected chi connectivity index (χ0v) is 15.6. The van der Waals surface area contributed by atoms with Crippen molar-refractivity contribution in [3.8, 4) is 0 Å². The van der Waals surface area contributed by atoms with Gasteiger partial charge >= 0.3 is 0 Å². The summed E-state index contributed by atoms with van der Waals surface area (Å²) in [7, 11) is 0. The molecule has 1 amide bonds. The molecule has 0 aliphatic carbocycles. The van der Waals surface area contributed by atoms with Crippen LogP contribution in [0.5, 0.6) is 0 Å². The standard InChI is InChI=1S/C22H20ClFN2O/c1-15(19-9-5-6-10-20(19)23)25-21(16-7-3-2-4-8-16)22(27)26-18-13-11-17(24)12-14-18/h2-15,21,25H,1H3,(H,26,27)/t15-,21-/m0/s1. The largest absolute Gasteiger partial charge is 0.324 e. The molecule has 3 aromatic carbocycles. The van der Waals surface area contributed by atoms with Crippen LogP contribution >= 0.6 is 11.6 Å². The van der Waals surface area contributed by atoms with Gasteiger partial charge in [-0.05, 0) is 48.4 Å². The van der Waals surface area contributed by atoms with Gasteiger partial charge < -0.3 is 5.32 Å². The number of carbonyl (C=O) groups excluding carboxylic acids is 1. The summed E-state index contributed by atoms with van der Waals surface area (Å²) in [6.07, 6.45) is 0. The molecule has 0 aliphatic heterocycles. The number of rotatable bonds is 6. The van der Waals surface area contributed by atoms with Crippen LogP contribution in [0.4, 0.5) is 10.1 Å². The molecule has 3 rings (SSSR count). The molecule has 3 nitrogen and oxygen atoms in total. The lowest BCUT2D eigenvalue weighted by atomic mass is 10.0. The van der Waals surface area contributed by atoms with Crippen molar-refractivity contribution in [1.29, 1.82) is 0 Å². The highest BCUT2D eigenvalue weighted by Gasteiger charge is 2.23. The predicted octanol–water partition coefficient (Wildman–Crippen LogP) is 5.51. The maximum Gasteiger partial charge on any atom is 0.246 e.